The zero-order valence-electron chi connectivity index (χ0n) is 21.0. The van der Waals surface area contributed by atoms with Gasteiger partial charge in [-0.1, -0.05) is 6.07 Å². The van der Waals surface area contributed by atoms with E-state index < -0.39 is 0 Å². The number of nitrogens with one attached hydrogen (secondary N) is 1. The number of fused-ring (bicyclic) bond motifs is 2. The van der Waals surface area contributed by atoms with E-state index in [0.717, 1.165) is 70.5 Å². The Morgan fingerprint density at radius 2 is 1.58 bits per heavy atom. The van der Waals surface area contributed by atoms with E-state index in [1.54, 1.807) is 39.8 Å². The van der Waals surface area contributed by atoms with Gasteiger partial charge in [0.1, 0.15) is 0 Å². The summed E-state index contributed by atoms with van der Waals surface area (Å²) in [5, 5.41) is 5.49. The summed E-state index contributed by atoms with van der Waals surface area (Å²) in [5.41, 5.74) is 4.62. The first-order chi connectivity index (χ1) is 17.6. The Morgan fingerprint density at radius 3 is 2.33 bits per heavy atom. The van der Waals surface area contributed by atoms with Crippen molar-refractivity contribution in [1.29, 1.82) is 0 Å². The van der Waals surface area contributed by atoms with Crippen molar-refractivity contribution in [3.8, 4) is 23.0 Å². The van der Waals surface area contributed by atoms with Gasteiger partial charge in [-0.25, -0.2) is 4.98 Å². The summed E-state index contributed by atoms with van der Waals surface area (Å²) in [6.07, 6.45) is 1.72. The molecule has 3 heterocycles. The van der Waals surface area contributed by atoms with Gasteiger partial charge in [-0.15, -0.1) is 11.3 Å². The number of nitrogens with zero attached hydrogens (tertiary/aromatic N) is 3. The van der Waals surface area contributed by atoms with Crippen LogP contribution in [0, 0.1) is 0 Å². The van der Waals surface area contributed by atoms with Crippen molar-refractivity contribution < 1.29 is 18.9 Å². The van der Waals surface area contributed by atoms with Crippen LogP contribution < -0.4 is 29.2 Å². The minimum absolute atomic E-state index is 0.634. The van der Waals surface area contributed by atoms with Crippen LogP contribution in [0.3, 0.4) is 0 Å². The van der Waals surface area contributed by atoms with E-state index in [-0.39, 0.29) is 0 Å². The van der Waals surface area contributed by atoms with E-state index in [2.05, 4.69) is 33.8 Å². The molecule has 0 saturated heterocycles. The summed E-state index contributed by atoms with van der Waals surface area (Å²) in [6.45, 7) is 2.33. The summed E-state index contributed by atoms with van der Waals surface area (Å²) in [5.74, 6) is 4.57. The fraction of sp³-hybridized carbons (Fsp3) is 0.333. The predicted octanol–water partition coefficient (Wildman–Crippen LogP) is 4.94. The average Bonchev–Trinajstić information content (AvgIpc) is 3.40. The Bertz CT molecular complexity index is 1370. The van der Waals surface area contributed by atoms with Gasteiger partial charge in [0.15, 0.2) is 28.8 Å². The SMILES string of the molecule is COc1ccc(CCNc2nc(N3CCc4cc(OC)c(OC)cc4C3)c3sccc3n2)cc1OC. The smallest absolute Gasteiger partial charge is 0.225 e. The van der Waals surface area contributed by atoms with E-state index in [9.17, 15) is 0 Å². The lowest BCUT2D eigenvalue weighted by Crippen LogP contribution is -2.31. The van der Waals surface area contributed by atoms with E-state index in [1.165, 1.54) is 11.1 Å². The van der Waals surface area contributed by atoms with E-state index in [4.69, 9.17) is 28.9 Å². The highest BCUT2D eigenvalue weighted by molar-refractivity contribution is 7.17. The normalized spacial score (nSPS) is 12.8. The highest BCUT2D eigenvalue weighted by Crippen LogP contribution is 2.37. The summed E-state index contributed by atoms with van der Waals surface area (Å²) in [7, 11) is 6.64. The summed E-state index contributed by atoms with van der Waals surface area (Å²) < 4.78 is 22.9. The molecule has 0 amide bonds. The molecule has 0 atom stereocenters. The molecular weight excluding hydrogens is 476 g/mol. The number of rotatable bonds is 9. The molecule has 0 fully saturated rings. The zero-order chi connectivity index (χ0) is 25.1. The van der Waals surface area contributed by atoms with Crippen LogP contribution in [0.4, 0.5) is 11.8 Å². The second-order valence-electron chi connectivity index (χ2n) is 8.52. The molecule has 188 valence electrons. The van der Waals surface area contributed by atoms with Crippen molar-refractivity contribution in [2.75, 3.05) is 51.7 Å². The Labute approximate surface area is 214 Å². The van der Waals surface area contributed by atoms with Crippen molar-refractivity contribution in [3.05, 3.63) is 58.5 Å². The predicted molar refractivity (Wildman–Crippen MR) is 143 cm³/mol. The molecule has 0 bridgehead atoms. The maximum absolute atomic E-state index is 5.54. The topological polar surface area (TPSA) is 78.0 Å². The lowest BCUT2D eigenvalue weighted by atomic mass is 9.99. The first-order valence-electron chi connectivity index (χ1n) is 11.8. The van der Waals surface area contributed by atoms with Gasteiger partial charge < -0.3 is 29.2 Å². The maximum atomic E-state index is 5.54. The van der Waals surface area contributed by atoms with Gasteiger partial charge in [-0.05, 0) is 65.2 Å². The third-order valence-corrected chi connectivity index (χ3v) is 7.35. The van der Waals surface area contributed by atoms with Crippen molar-refractivity contribution in [3.63, 3.8) is 0 Å². The van der Waals surface area contributed by atoms with Crippen LogP contribution in [0.25, 0.3) is 10.2 Å². The van der Waals surface area contributed by atoms with Crippen LogP contribution in [0.5, 0.6) is 23.0 Å². The first-order valence-corrected chi connectivity index (χ1v) is 12.7. The number of benzene rings is 2. The molecule has 8 nitrogen and oxygen atoms in total. The Kier molecular flexibility index (Phi) is 6.99. The molecule has 1 N–H and O–H groups in total. The molecule has 4 aromatic rings. The highest BCUT2D eigenvalue weighted by Gasteiger charge is 2.23. The monoisotopic (exact) mass is 506 g/mol. The largest absolute Gasteiger partial charge is 0.493 e. The molecular formula is C27H30N4O4S. The van der Waals surface area contributed by atoms with Gasteiger partial charge in [-0.2, -0.15) is 4.98 Å². The molecule has 9 heteroatoms. The summed E-state index contributed by atoms with van der Waals surface area (Å²) >= 11 is 1.67. The van der Waals surface area contributed by atoms with Gasteiger partial charge >= 0.3 is 0 Å². The van der Waals surface area contributed by atoms with Gasteiger partial charge in [-0.3, -0.25) is 0 Å². The molecule has 0 unspecified atom stereocenters. The number of hydrogen-bond donors (Lipinski definition) is 1. The molecule has 0 aliphatic carbocycles. The maximum Gasteiger partial charge on any atom is 0.225 e. The average molecular weight is 507 g/mol. The van der Waals surface area contributed by atoms with Crippen LogP contribution >= 0.6 is 11.3 Å². The first kappa shape index (κ1) is 24.0. The van der Waals surface area contributed by atoms with Crippen LogP contribution in [0.1, 0.15) is 16.7 Å². The molecule has 1 aliphatic heterocycles. The van der Waals surface area contributed by atoms with E-state index in [0.29, 0.717) is 12.5 Å². The molecule has 0 saturated carbocycles. The van der Waals surface area contributed by atoms with E-state index >= 15 is 0 Å². The Balaban J connectivity index is 1.35. The van der Waals surface area contributed by atoms with Gasteiger partial charge in [0.2, 0.25) is 5.95 Å². The van der Waals surface area contributed by atoms with Crippen LogP contribution in [0.15, 0.2) is 41.8 Å². The lowest BCUT2D eigenvalue weighted by Gasteiger charge is -2.31. The summed E-state index contributed by atoms with van der Waals surface area (Å²) in [6, 6.07) is 12.2. The zero-order valence-corrected chi connectivity index (χ0v) is 21.8. The number of ether oxygens (including phenoxy) is 4. The molecule has 2 aromatic carbocycles. The van der Waals surface area contributed by atoms with Gasteiger partial charge in [0, 0.05) is 19.6 Å². The molecule has 0 radical (unpaired) electrons. The molecule has 0 spiro atoms. The number of methoxy groups -OCH3 is 4. The minimum atomic E-state index is 0.634. The van der Waals surface area contributed by atoms with Crippen LogP contribution in [-0.2, 0) is 19.4 Å². The molecule has 1 aliphatic rings. The highest BCUT2D eigenvalue weighted by atomic mass is 32.1. The molecule has 2 aromatic heterocycles. The lowest BCUT2D eigenvalue weighted by molar-refractivity contribution is 0.353. The van der Waals surface area contributed by atoms with Crippen LogP contribution in [-0.4, -0.2) is 51.5 Å². The van der Waals surface area contributed by atoms with Crippen molar-refractivity contribution in [2.24, 2.45) is 0 Å². The third-order valence-electron chi connectivity index (χ3n) is 6.45. The Hall–Kier alpha value is -3.72. The quantitative estimate of drug-likeness (QED) is 0.342. The molecule has 36 heavy (non-hydrogen) atoms. The summed E-state index contributed by atoms with van der Waals surface area (Å²) in [4.78, 5) is 12.0. The number of anilines is 2. The Morgan fingerprint density at radius 1 is 0.861 bits per heavy atom. The number of thiophene rings is 1. The fourth-order valence-corrected chi connectivity index (χ4v) is 5.41. The number of aromatic nitrogens is 2. The van der Waals surface area contributed by atoms with Gasteiger partial charge in [0.25, 0.3) is 0 Å². The fourth-order valence-electron chi connectivity index (χ4n) is 4.56. The minimum Gasteiger partial charge on any atom is -0.493 e. The third kappa shape index (κ3) is 4.70. The van der Waals surface area contributed by atoms with Crippen LogP contribution in [0.2, 0.25) is 0 Å². The molecule has 5 rings (SSSR count). The second kappa shape index (κ2) is 10.5. The second-order valence-corrected chi connectivity index (χ2v) is 9.44. The van der Waals surface area contributed by atoms with Crippen molar-refractivity contribution in [1.82, 2.24) is 9.97 Å². The van der Waals surface area contributed by atoms with Crippen molar-refractivity contribution >= 4 is 33.3 Å². The van der Waals surface area contributed by atoms with Crippen molar-refractivity contribution in [2.45, 2.75) is 19.4 Å². The van der Waals surface area contributed by atoms with Gasteiger partial charge in [0.05, 0.1) is 38.7 Å². The standard InChI is InChI=1S/C27H30N4O4S/c1-32-21-6-5-17(13-22(21)33-2)7-10-28-27-29-20-9-12-36-25(20)26(30-27)31-11-8-18-14-23(34-3)24(35-4)15-19(18)16-31/h5-6,9,12-15H,7-8,10-11,16H2,1-4H3,(H,28,29,30). The van der Waals surface area contributed by atoms with E-state index in [1.807, 2.05) is 18.2 Å². The number of hydrogen-bond acceptors (Lipinski definition) is 9.